The highest BCUT2D eigenvalue weighted by Gasteiger charge is 2.19. The third-order valence-corrected chi connectivity index (χ3v) is 5.05. The molecule has 0 aromatic heterocycles. The van der Waals surface area contributed by atoms with Gasteiger partial charge in [-0.2, -0.15) is 11.8 Å². The molecular weight excluding hydrogens is 350 g/mol. The Kier molecular flexibility index (Phi) is 4.78. The summed E-state index contributed by atoms with van der Waals surface area (Å²) in [6, 6.07) is 5.81. The van der Waals surface area contributed by atoms with Gasteiger partial charge in [0.15, 0.2) is 13.6 Å². The number of ether oxygens (including phenoxy) is 4. The Bertz CT molecular complexity index is 732. The minimum Gasteiger partial charge on any atom is -0.467 e. The van der Waals surface area contributed by atoms with E-state index in [2.05, 4.69) is 0 Å². The Morgan fingerprint density at radius 2 is 1.24 bits per heavy atom. The highest BCUT2D eigenvalue weighted by atomic mass is 32.2. The lowest BCUT2D eigenvalue weighted by atomic mass is 10.1. The second kappa shape index (κ2) is 7.19. The van der Waals surface area contributed by atoms with Crippen LogP contribution in [0.5, 0.6) is 11.5 Å². The first-order valence-electron chi connectivity index (χ1n) is 7.82. The molecule has 4 nitrogen and oxygen atoms in total. The summed E-state index contributed by atoms with van der Waals surface area (Å²) in [6.45, 7) is 1.02. The van der Waals surface area contributed by atoms with Gasteiger partial charge in [0.2, 0.25) is 0 Å². The van der Waals surface area contributed by atoms with Crippen LogP contribution in [0.4, 0.5) is 8.78 Å². The molecule has 132 valence electrons. The monoisotopic (exact) mass is 366 g/mol. The molecular formula is C18H16F2O4S. The first-order valence-corrected chi connectivity index (χ1v) is 8.97. The van der Waals surface area contributed by atoms with E-state index in [1.165, 1.54) is 24.3 Å². The molecule has 0 atom stereocenters. The number of halogens is 2. The zero-order valence-electron chi connectivity index (χ0n) is 13.3. The van der Waals surface area contributed by atoms with Crippen molar-refractivity contribution in [3.05, 3.63) is 58.2 Å². The molecule has 4 rings (SSSR count). The highest BCUT2D eigenvalue weighted by Crippen LogP contribution is 2.35. The Hall–Kier alpha value is -1.83. The fourth-order valence-corrected chi connectivity index (χ4v) is 3.97. The lowest BCUT2D eigenvalue weighted by Gasteiger charge is -2.22. The van der Waals surface area contributed by atoms with Gasteiger partial charge < -0.3 is 18.9 Å². The molecule has 0 aliphatic carbocycles. The first kappa shape index (κ1) is 16.6. The van der Waals surface area contributed by atoms with E-state index in [4.69, 9.17) is 18.9 Å². The summed E-state index contributed by atoms with van der Waals surface area (Å²) in [5, 5.41) is 0. The summed E-state index contributed by atoms with van der Waals surface area (Å²) in [7, 11) is 0. The predicted molar refractivity (Wildman–Crippen MR) is 88.4 cm³/mol. The number of thioether (sulfide) groups is 1. The third kappa shape index (κ3) is 3.58. The lowest BCUT2D eigenvalue weighted by Crippen LogP contribution is -2.14. The van der Waals surface area contributed by atoms with Gasteiger partial charge >= 0.3 is 0 Å². The van der Waals surface area contributed by atoms with Crippen molar-refractivity contribution < 1.29 is 27.7 Å². The van der Waals surface area contributed by atoms with Gasteiger partial charge in [-0.1, -0.05) is 0 Å². The van der Waals surface area contributed by atoms with Crippen LogP contribution in [0.3, 0.4) is 0 Å². The van der Waals surface area contributed by atoms with Crippen molar-refractivity contribution in [2.75, 3.05) is 13.6 Å². The maximum absolute atomic E-state index is 13.8. The predicted octanol–water partition coefficient (Wildman–Crippen LogP) is 4.13. The van der Waals surface area contributed by atoms with Crippen LogP contribution >= 0.6 is 11.8 Å². The van der Waals surface area contributed by atoms with E-state index in [-0.39, 0.29) is 25.2 Å². The molecule has 0 radical (unpaired) electrons. The van der Waals surface area contributed by atoms with Crippen LogP contribution in [0.2, 0.25) is 0 Å². The van der Waals surface area contributed by atoms with Crippen molar-refractivity contribution in [1.29, 1.82) is 0 Å². The summed E-state index contributed by atoms with van der Waals surface area (Å²) < 4.78 is 49.0. The van der Waals surface area contributed by atoms with E-state index < -0.39 is 0 Å². The van der Waals surface area contributed by atoms with E-state index >= 15 is 0 Å². The summed E-state index contributed by atoms with van der Waals surface area (Å²) in [5.74, 6) is 1.83. The quantitative estimate of drug-likeness (QED) is 0.813. The first-order chi connectivity index (χ1) is 12.2. The standard InChI is InChI=1S/C18H16F2O4S/c19-15-1-11-5-21-9-23-17(11)13(3-15)7-25-8-14-4-16(20)2-12-6-22-10-24-18(12)14/h1-4H,5-10H2. The molecule has 2 heterocycles. The molecule has 2 aliphatic rings. The zero-order valence-corrected chi connectivity index (χ0v) is 14.2. The molecule has 0 unspecified atom stereocenters. The molecule has 2 aromatic carbocycles. The zero-order chi connectivity index (χ0) is 17.2. The summed E-state index contributed by atoms with van der Waals surface area (Å²) in [4.78, 5) is 0. The molecule has 0 N–H and O–H groups in total. The van der Waals surface area contributed by atoms with Gasteiger partial charge in [0.05, 0.1) is 13.2 Å². The van der Waals surface area contributed by atoms with E-state index in [0.717, 1.165) is 11.1 Å². The summed E-state index contributed by atoms with van der Waals surface area (Å²) >= 11 is 1.55. The number of fused-ring (bicyclic) bond motifs is 2. The van der Waals surface area contributed by atoms with E-state index in [0.29, 0.717) is 47.3 Å². The molecule has 7 heteroatoms. The van der Waals surface area contributed by atoms with Gasteiger partial charge in [-0.3, -0.25) is 0 Å². The number of rotatable bonds is 4. The van der Waals surface area contributed by atoms with Gasteiger partial charge in [0.1, 0.15) is 23.1 Å². The molecule has 25 heavy (non-hydrogen) atoms. The van der Waals surface area contributed by atoms with Gasteiger partial charge in [-0.05, 0) is 24.3 Å². The van der Waals surface area contributed by atoms with Crippen LogP contribution in [0, 0.1) is 11.6 Å². The van der Waals surface area contributed by atoms with Crippen LogP contribution in [0.25, 0.3) is 0 Å². The topological polar surface area (TPSA) is 36.9 Å². The molecule has 0 spiro atoms. The van der Waals surface area contributed by atoms with Crippen molar-refractivity contribution in [3.63, 3.8) is 0 Å². The van der Waals surface area contributed by atoms with Crippen LogP contribution in [0.15, 0.2) is 24.3 Å². The maximum Gasteiger partial charge on any atom is 0.189 e. The Morgan fingerprint density at radius 1 is 0.760 bits per heavy atom. The Morgan fingerprint density at radius 3 is 1.72 bits per heavy atom. The lowest BCUT2D eigenvalue weighted by molar-refractivity contribution is -0.0172. The number of benzene rings is 2. The molecule has 2 aliphatic heterocycles. The van der Waals surface area contributed by atoms with Gasteiger partial charge in [0.25, 0.3) is 0 Å². The SMILES string of the molecule is Fc1cc2c(c(CSCc3cc(F)cc4c3OCOC4)c1)OCOC2. The van der Waals surface area contributed by atoms with Crippen LogP contribution in [-0.4, -0.2) is 13.6 Å². The van der Waals surface area contributed by atoms with E-state index in [1.807, 2.05) is 0 Å². The van der Waals surface area contributed by atoms with Gasteiger partial charge in [-0.15, -0.1) is 0 Å². The van der Waals surface area contributed by atoms with Crippen molar-refractivity contribution >= 4 is 11.8 Å². The molecule has 0 amide bonds. The van der Waals surface area contributed by atoms with Crippen molar-refractivity contribution in [2.45, 2.75) is 24.7 Å². The minimum atomic E-state index is -0.313. The third-order valence-electron chi connectivity index (χ3n) is 4.02. The minimum absolute atomic E-state index is 0.168. The molecule has 0 saturated heterocycles. The van der Waals surface area contributed by atoms with Crippen LogP contribution in [-0.2, 0) is 34.2 Å². The highest BCUT2D eigenvalue weighted by molar-refractivity contribution is 7.97. The fraction of sp³-hybridized carbons (Fsp3) is 0.333. The summed E-state index contributed by atoms with van der Waals surface area (Å²) in [6.07, 6.45) is 0. The number of hydrogen-bond acceptors (Lipinski definition) is 5. The van der Waals surface area contributed by atoms with Crippen molar-refractivity contribution in [1.82, 2.24) is 0 Å². The van der Waals surface area contributed by atoms with E-state index in [9.17, 15) is 8.78 Å². The maximum atomic E-state index is 13.8. The van der Waals surface area contributed by atoms with Gasteiger partial charge in [0, 0.05) is 33.8 Å². The van der Waals surface area contributed by atoms with Gasteiger partial charge in [-0.25, -0.2) is 8.78 Å². The second-order valence-electron chi connectivity index (χ2n) is 5.82. The fourth-order valence-electron chi connectivity index (χ4n) is 3.00. The molecule has 0 saturated carbocycles. The normalized spacial score (nSPS) is 15.8. The molecule has 0 fully saturated rings. The van der Waals surface area contributed by atoms with Crippen LogP contribution in [0.1, 0.15) is 22.3 Å². The molecule has 0 bridgehead atoms. The van der Waals surface area contributed by atoms with Crippen molar-refractivity contribution in [2.24, 2.45) is 0 Å². The smallest absolute Gasteiger partial charge is 0.189 e. The Labute approximate surface area is 148 Å². The second-order valence-corrected chi connectivity index (χ2v) is 6.81. The number of hydrogen-bond donors (Lipinski definition) is 0. The Balaban J connectivity index is 1.50. The van der Waals surface area contributed by atoms with E-state index in [1.54, 1.807) is 11.8 Å². The van der Waals surface area contributed by atoms with Crippen LogP contribution < -0.4 is 9.47 Å². The average Bonchev–Trinajstić information content (AvgIpc) is 2.61. The average molecular weight is 366 g/mol. The largest absolute Gasteiger partial charge is 0.467 e. The molecule has 2 aromatic rings. The summed E-state index contributed by atoms with van der Waals surface area (Å²) in [5.41, 5.74) is 2.98. The van der Waals surface area contributed by atoms with Crippen molar-refractivity contribution in [3.8, 4) is 11.5 Å².